The SMILES string of the molecule is C=C/C=C(\C=C/C)c1cccc(-c2ccc(N)cc2)c1.C=CC(N)c1ccc2c(=C/CC)/c(=C\C)sc2c1.Cc1ccc2c(c1)sc1ccccc12. The first-order valence-electron chi connectivity index (χ1n) is 17.7. The highest BCUT2D eigenvalue weighted by atomic mass is 32.1. The molecule has 0 bridgehead atoms. The van der Waals surface area contributed by atoms with Crippen molar-refractivity contribution in [1.29, 1.82) is 0 Å². The third-order valence-corrected chi connectivity index (χ3v) is 11.1. The molecule has 0 aliphatic heterocycles. The second-order valence-electron chi connectivity index (χ2n) is 12.5. The van der Waals surface area contributed by atoms with Gasteiger partial charge in [-0.1, -0.05) is 129 Å². The molecule has 4 heteroatoms. The Balaban J connectivity index is 0.000000153. The van der Waals surface area contributed by atoms with Gasteiger partial charge in [0, 0.05) is 41.1 Å². The lowest BCUT2D eigenvalue weighted by Gasteiger charge is -2.07. The molecule has 5 aromatic carbocycles. The highest BCUT2D eigenvalue weighted by molar-refractivity contribution is 7.25. The summed E-state index contributed by atoms with van der Waals surface area (Å²) < 4.78 is 5.42. The molecule has 0 aliphatic rings. The molecule has 0 fully saturated rings. The number of nitrogens with two attached hydrogens (primary N) is 2. The highest BCUT2D eigenvalue weighted by Gasteiger charge is 2.06. The van der Waals surface area contributed by atoms with Crippen LogP contribution in [0.4, 0.5) is 5.69 Å². The van der Waals surface area contributed by atoms with Crippen LogP contribution in [0, 0.1) is 6.92 Å². The summed E-state index contributed by atoms with van der Waals surface area (Å²) in [6, 6.07) is 38.1. The zero-order valence-corrected chi connectivity index (χ0v) is 32.2. The van der Waals surface area contributed by atoms with E-state index in [1.165, 1.54) is 62.3 Å². The van der Waals surface area contributed by atoms with E-state index in [1.807, 2.05) is 72.1 Å². The normalized spacial score (nSPS) is 12.8. The van der Waals surface area contributed by atoms with Gasteiger partial charge in [0.2, 0.25) is 0 Å². The van der Waals surface area contributed by atoms with Crippen molar-refractivity contribution in [1.82, 2.24) is 0 Å². The summed E-state index contributed by atoms with van der Waals surface area (Å²) in [4.78, 5) is 0. The molecule has 1 atom stereocenters. The fraction of sp³-hybridized carbons (Fsp3) is 0.125. The summed E-state index contributed by atoms with van der Waals surface area (Å²) in [6.45, 7) is 15.9. The van der Waals surface area contributed by atoms with Crippen LogP contribution in [0.5, 0.6) is 0 Å². The molecule has 0 aliphatic carbocycles. The van der Waals surface area contributed by atoms with Gasteiger partial charge in [-0.2, -0.15) is 0 Å². The van der Waals surface area contributed by atoms with Gasteiger partial charge in [0.15, 0.2) is 0 Å². The van der Waals surface area contributed by atoms with E-state index in [1.54, 1.807) is 6.08 Å². The second-order valence-corrected chi connectivity index (χ2v) is 14.6. The van der Waals surface area contributed by atoms with Crippen LogP contribution < -0.4 is 21.2 Å². The first kappa shape index (κ1) is 38.0. The lowest BCUT2D eigenvalue weighted by molar-refractivity contribution is 0.917. The van der Waals surface area contributed by atoms with E-state index in [2.05, 4.69) is 137 Å². The van der Waals surface area contributed by atoms with E-state index < -0.39 is 0 Å². The van der Waals surface area contributed by atoms with Crippen molar-refractivity contribution >= 4 is 76.3 Å². The van der Waals surface area contributed by atoms with Gasteiger partial charge in [-0.25, -0.2) is 0 Å². The molecule has 0 radical (unpaired) electrons. The maximum atomic E-state index is 5.99. The quantitative estimate of drug-likeness (QED) is 0.0980. The van der Waals surface area contributed by atoms with Crippen molar-refractivity contribution in [3.63, 3.8) is 0 Å². The standard InChI is InChI=1S/C19H19N.C16H19NS.C13H10S/c1-3-6-15(7-4-2)17-8-5-9-18(14-17)16-10-12-19(20)13-11-16;1-4-7-12-13-9-8-11(14(17)5-2)10-16(13)18-15(12)6-3;1-9-6-7-11-10-4-2-3-5-12(10)14-13(11)8-9/h3-14H,1,20H2,2H3;5-10,14H,2,4,17H2,1,3H3;2-8H,1H3/b7-4-,15-6+;12-7-,15-6+;. The monoisotopic (exact) mass is 716 g/mol. The van der Waals surface area contributed by atoms with E-state index in [0.717, 1.165) is 23.2 Å². The molecule has 0 amide bonds. The van der Waals surface area contributed by atoms with Crippen LogP contribution in [0.15, 0.2) is 153 Å². The summed E-state index contributed by atoms with van der Waals surface area (Å²) >= 11 is 3.71. The van der Waals surface area contributed by atoms with Crippen molar-refractivity contribution in [3.05, 3.63) is 179 Å². The smallest absolute Gasteiger partial charge is 0.0479 e. The Kier molecular flexibility index (Phi) is 13.4. The van der Waals surface area contributed by atoms with Crippen molar-refractivity contribution < 1.29 is 0 Å². The number of hydrogen-bond acceptors (Lipinski definition) is 4. The molecule has 52 heavy (non-hydrogen) atoms. The highest BCUT2D eigenvalue weighted by Crippen LogP contribution is 2.34. The average molecular weight is 717 g/mol. The first-order valence-corrected chi connectivity index (χ1v) is 19.3. The maximum absolute atomic E-state index is 5.99. The van der Waals surface area contributed by atoms with Gasteiger partial charge in [-0.05, 0) is 108 Å². The van der Waals surface area contributed by atoms with Gasteiger partial charge in [-0.3, -0.25) is 0 Å². The second kappa shape index (κ2) is 18.3. The predicted octanol–water partition coefficient (Wildman–Crippen LogP) is 12.5. The molecule has 1 unspecified atom stereocenters. The fourth-order valence-corrected chi connectivity index (χ4v) is 8.41. The molecule has 262 valence electrons. The zero-order chi connectivity index (χ0) is 37.0. The van der Waals surface area contributed by atoms with Gasteiger partial charge in [0.05, 0.1) is 0 Å². The summed E-state index contributed by atoms with van der Waals surface area (Å²) in [5.41, 5.74) is 19.7. The third-order valence-electron chi connectivity index (χ3n) is 8.71. The molecular formula is C48H48N2S2. The van der Waals surface area contributed by atoms with E-state index >= 15 is 0 Å². The molecule has 2 nitrogen and oxygen atoms in total. The van der Waals surface area contributed by atoms with Crippen LogP contribution in [-0.2, 0) is 0 Å². The molecule has 0 spiro atoms. The Morgan fingerprint density at radius 1 is 0.750 bits per heavy atom. The molecule has 0 saturated carbocycles. The Morgan fingerprint density at radius 3 is 2.19 bits per heavy atom. The predicted molar refractivity (Wildman–Crippen MR) is 236 cm³/mol. The van der Waals surface area contributed by atoms with Crippen molar-refractivity contribution in [2.24, 2.45) is 5.73 Å². The number of hydrogen-bond donors (Lipinski definition) is 2. The third kappa shape index (κ3) is 9.15. The van der Waals surface area contributed by atoms with Crippen LogP contribution in [0.2, 0.25) is 0 Å². The number of rotatable bonds is 7. The van der Waals surface area contributed by atoms with E-state index in [0.29, 0.717) is 0 Å². The van der Waals surface area contributed by atoms with E-state index in [-0.39, 0.29) is 6.04 Å². The van der Waals surface area contributed by atoms with Crippen LogP contribution >= 0.6 is 22.7 Å². The Morgan fingerprint density at radius 2 is 1.48 bits per heavy atom. The average Bonchev–Trinajstić information content (AvgIpc) is 3.72. The van der Waals surface area contributed by atoms with Crippen molar-refractivity contribution in [2.45, 2.75) is 40.2 Å². The van der Waals surface area contributed by atoms with Crippen molar-refractivity contribution in [3.8, 4) is 11.1 Å². The minimum absolute atomic E-state index is 0.0795. The van der Waals surface area contributed by atoms with Gasteiger partial charge < -0.3 is 11.5 Å². The number of thiophene rings is 2. The Bertz CT molecular complexity index is 2490. The van der Waals surface area contributed by atoms with E-state index in [9.17, 15) is 0 Å². The van der Waals surface area contributed by atoms with Gasteiger partial charge >= 0.3 is 0 Å². The van der Waals surface area contributed by atoms with Crippen LogP contribution in [0.1, 0.15) is 49.9 Å². The number of allylic oxidation sites excluding steroid dienone is 5. The van der Waals surface area contributed by atoms with Gasteiger partial charge in [0.1, 0.15) is 0 Å². The number of anilines is 1. The summed E-state index contributed by atoms with van der Waals surface area (Å²) in [5, 5.41) is 5.46. The van der Waals surface area contributed by atoms with Crippen molar-refractivity contribution in [2.75, 3.05) is 5.73 Å². The molecular weight excluding hydrogens is 669 g/mol. The van der Waals surface area contributed by atoms with Gasteiger partial charge in [0.25, 0.3) is 0 Å². The molecule has 0 saturated heterocycles. The lowest BCUT2D eigenvalue weighted by atomic mass is 9.98. The molecule has 2 heterocycles. The summed E-state index contributed by atoms with van der Waals surface area (Å²) in [6.07, 6.45) is 15.3. The first-order chi connectivity index (χ1) is 25.3. The minimum atomic E-state index is -0.0795. The fourth-order valence-electron chi connectivity index (χ4n) is 6.07. The van der Waals surface area contributed by atoms with E-state index in [4.69, 9.17) is 11.5 Å². The minimum Gasteiger partial charge on any atom is -0.399 e. The number of benzene rings is 5. The number of nitrogen functional groups attached to an aromatic ring is 1. The summed E-state index contributed by atoms with van der Waals surface area (Å²) in [5.74, 6) is 0. The van der Waals surface area contributed by atoms with Crippen LogP contribution in [-0.4, -0.2) is 0 Å². The van der Waals surface area contributed by atoms with Crippen LogP contribution in [0.25, 0.3) is 59.1 Å². The number of aryl methyl sites for hydroxylation is 1. The zero-order valence-electron chi connectivity index (χ0n) is 30.6. The molecule has 7 aromatic rings. The lowest BCUT2D eigenvalue weighted by Crippen LogP contribution is -2.17. The topological polar surface area (TPSA) is 52.0 Å². The molecule has 4 N–H and O–H groups in total. The Hall–Kier alpha value is -5.26. The molecule has 7 rings (SSSR count). The molecule has 2 aromatic heterocycles. The maximum Gasteiger partial charge on any atom is 0.0479 e. The van der Waals surface area contributed by atoms with Gasteiger partial charge in [-0.15, -0.1) is 29.3 Å². The summed E-state index contributed by atoms with van der Waals surface area (Å²) in [7, 11) is 0. The number of fused-ring (bicyclic) bond motifs is 4. The largest absolute Gasteiger partial charge is 0.399 e. The van der Waals surface area contributed by atoms with Crippen LogP contribution in [0.3, 0.4) is 0 Å². The Labute approximate surface area is 316 Å².